The Kier molecular flexibility index (Phi) is 5.15. The minimum absolute atomic E-state index is 0.0835. The lowest BCUT2D eigenvalue weighted by Gasteiger charge is -2.15. The predicted molar refractivity (Wildman–Crippen MR) is 65.9 cm³/mol. The zero-order valence-corrected chi connectivity index (χ0v) is 12.0. The number of carbonyl (C=O) groups excluding carboxylic acids is 2. The first-order valence-corrected chi connectivity index (χ1v) is 6.03. The smallest absolute Gasteiger partial charge is 0.416 e. The van der Waals surface area contributed by atoms with Gasteiger partial charge in [-0.05, 0) is 23.8 Å². The Labute approximate surface area is 121 Å². The van der Waals surface area contributed by atoms with Crippen molar-refractivity contribution in [1.82, 2.24) is 0 Å². The summed E-state index contributed by atoms with van der Waals surface area (Å²) in [5.74, 6) is -3.56. The van der Waals surface area contributed by atoms with Crippen molar-refractivity contribution in [3.05, 3.63) is 33.8 Å². The highest BCUT2D eigenvalue weighted by atomic mass is 79.9. The van der Waals surface area contributed by atoms with Crippen LogP contribution in [0.4, 0.5) is 13.2 Å². The molecule has 0 aliphatic heterocycles. The molecule has 0 N–H and O–H groups in total. The summed E-state index contributed by atoms with van der Waals surface area (Å²) >= 11 is 2.91. The maximum Gasteiger partial charge on any atom is 0.416 e. The van der Waals surface area contributed by atoms with Gasteiger partial charge in [-0.15, -0.1) is 0 Å². The molecule has 0 aromatic heterocycles. The Bertz CT molecular complexity index is 512. The van der Waals surface area contributed by atoms with Crippen molar-refractivity contribution in [1.29, 1.82) is 0 Å². The van der Waals surface area contributed by atoms with E-state index in [1.807, 2.05) is 0 Å². The fourth-order valence-electron chi connectivity index (χ4n) is 1.55. The third kappa shape index (κ3) is 3.72. The molecule has 0 fully saturated rings. The second-order valence-corrected chi connectivity index (χ2v) is 4.67. The molecule has 0 radical (unpaired) electrons. The van der Waals surface area contributed by atoms with E-state index in [9.17, 15) is 22.8 Å². The van der Waals surface area contributed by atoms with Crippen LogP contribution in [-0.2, 0) is 25.2 Å². The van der Waals surface area contributed by atoms with Crippen LogP contribution in [0.5, 0.6) is 0 Å². The summed E-state index contributed by atoms with van der Waals surface area (Å²) < 4.78 is 47.1. The standard InChI is InChI=1S/C12H10BrF3O4/c1-19-10(17)9(11(18)20-2)6-3-7(12(14,15)16)5-8(13)4-6/h3-5,9H,1-2H3. The van der Waals surface area contributed by atoms with E-state index >= 15 is 0 Å². The first-order valence-electron chi connectivity index (χ1n) is 5.24. The fraction of sp³-hybridized carbons (Fsp3) is 0.333. The van der Waals surface area contributed by atoms with Gasteiger partial charge >= 0.3 is 18.1 Å². The lowest BCUT2D eigenvalue weighted by Crippen LogP contribution is -2.25. The van der Waals surface area contributed by atoms with Crippen LogP contribution in [0.3, 0.4) is 0 Å². The number of benzene rings is 1. The Morgan fingerprint density at radius 2 is 1.60 bits per heavy atom. The van der Waals surface area contributed by atoms with Gasteiger partial charge in [0.05, 0.1) is 19.8 Å². The quantitative estimate of drug-likeness (QED) is 0.618. The normalized spacial score (nSPS) is 11.3. The largest absolute Gasteiger partial charge is 0.468 e. The number of halogens is 4. The summed E-state index contributed by atoms with van der Waals surface area (Å²) in [4.78, 5) is 23.1. The molecular weight excluding hydrogens is 345 g/mol. The van der Waals surface area contributed by atoms with Gasteiger partial charge in [0.1, 0.15) is 0 Å². The summed E-state index contributed by atoms with van der Waals surface area (Å²) in [6, 6.07) is 2.78. The van der Waals surface area contributed by atoms with Crippen LogP contribution in [0.15, 0.2) is 22.7 Å². The molecule has 0 saturated heterocycles. The predicted octanol–water partition coefficient (Wildman–Crippen LogP) is 2.90. The highest BCUT2D eigenvalue weighted by Crippen LogP contribution is 2.34. The molecule has 0 heterocycles. The fourth-order valence-corrected chi connectivity index (χ4v) is 2.06. The average molecular weight is 355 g/mol. The van der Waals surface area contributed by atoms with Gasteiger partial charge in [0.15, 0.2) is 5.92 Å². The lowest BCUT2D eigenvalue weighted by atomic mass is 9.97. The van der Waals surface area contributed by atoms with E-state index in [-0.39, 0.29) is 10.0 Å². The van der Waals surface area contributed by atoms with Crippen molar-refractivity contribution >= 4 is 27.9 Å². The van der Waals surface area contributed by atoms with Gasteiger partial charge in [-0.25, -0.2) is 0 Å². The zero-order valence-electron chi connectivity index (χ0n) is 10.5. The number of carbonyl (C=O) groups is 2. The minimum Gasteiger partial charge on any atom is -0.468 e. The third-order valence-corrected chi connectivity index (χ3v) is 2.91. The number of hydrogen-bond donors (Lipinski definition) is 0. The number of ether oxygens (including phenoxy) is 2. The summed E-state index contributed by atoms with van der Waals surface area (Å²) in [5.41, 5.74) is -1.15. The molecule has 0 amide bonds. The summed E-state index contributed by atoms with van der Waals surface area (Å²) in [6.45, 7) is 0. The van der Waals surface area contributed by atoms with Crippen LogP contribution in [0, 0.1) is 0 Å². The molecule has 4 nitrogen and oxygen atoms in total. The van der Waals surface area contributed by atoms with Crippen LogP contribution in [0.1, 0.15) is 17.0 Å². The number of esters is 2. The Balaban J connectivity index is 3.37. The first-order chi connectivity index (χ1) is 9.20. The molecule has 0 spiro atoms. The van der Waals surface area contributed by atoms with Gasteiger partial charge < -0.3 is 9.47 Å². The second kappa shape index (κ2) is 6.25. The molecule has 0 unspecified atom stereocenters. The van der Waals surface area contributed by atoms with Crippen LogP contribution in [0.2, 0.25) is 0 Å². The number of alkyl halides is 3. The van der Waals surface area contributed by atoms with Crippen molar-refractivity contribution in [2.45, 2.75) is 12.1 Å². The monoisotopic (exact) mass is 354 g/mol. The van der Waals surface area contributed by atoms with Crippen LogP contribution in [-0.4, -0.2) is 26.2 Å². The third-order valence-electron chi connectivity index (χ3n) is 2.45. The van der Waals surface area contributed by atoms with Crippen molar-refractivity contribution in [3.63, 3.8) is 0 Å². The Morgan fingerprint density at radius 3 is 2.00 bits per heavy atom. The highest BCUT2D eigenvalue weighted by molar-refractivity contribution is 9.10. The molecular formula is C12H10BrF3O4. The van der Waals surface area contributed by atoms with E-state index in [0.717, 1.165) is 20.3 Å². The van der Waals surface area contributed by atoms with E-state index in [1.165, 1.54) is 6.07 Å². The van der Waals surface area contributed by atoms with Crippen molar-refractivity contribution in [2.24, 2.45) is 0 Å². The zero-order chi connectivity index (χ0) is 15.5. The first kappa shape index (κ1) is 16.5. The van der Waals surface area contributed by atoms with Gasteiger partial charge in [-0.1, -0.05) is 15.9 Å². The van der Waals surface area contributed by atoms with Crippen molar-refractivity contribution in [3.8, 4) is 0 Å². The molecule has 110 valence electrons. The minimum atomic E-state index is -4.60. The van der Waals surface area contributed by atoms with Gasteiger partial charge in [-0.3, -0.25) is 9.59 Å². The molecule has 1 aromatic rings. The van der Waals surface area contributed by atoms with Gasteiger partial charge in [-0.2, -0.15) is 13.2 Å². The number of methoxy groups -OCH3 is 2. The molecule has 0 atom stereocenters. The summed E-state index contributed by atoms with van der Waals surface area (Å²) in [7, 11) is 2.06. The maximum atomic E-state index is 12.7. The number of rotatable bonds is 3. The van der Waals surface area contributed by atoms with E-state index in [0.29, 0.717) is 6.07 Å². The van der Waals surface area contributed by atoms with E-state index in [4.69, 9.17) is 0 Å². The lowest BCUT2D eigenvalue weighted by molar-refractivity contribution is -0.154. The van der Waals surface area contributed by atoms with Gasteiger partial charge in [0, 0.05) is 4.47 Å². The maximum absolute atomic E-state index is 12.7. The summed E-state index contributed by atoms with van der Waals surface area (Å²) in [6.07, 6.45) is -4.60. The molecule has 0 aliphatic carbocycles. The number of hydrogen-bond acceptors (Lipinski definition) is 4. The Hall–Kier alpha value is -1.57. The van der Waals surface area contributed by atoms with E-state index < -0.39 is 29.6 Å². The molecule has 1 aromatic carbocycles. The highest BCUT2D eigenvalue weighted by Gasteiger charge is 2.35. The molecule has 8 heteroatoms. The van der Waals surface area contributed by atoms with Crippen LogP contribution in [0.25, 0.3) is 0 Å². The van der Waals surface area contributed by atoms with Crippen LogP contribution >= 0.6 is 15.9 Å². The van der Waals surface area contributed by atoms with Crippen LogP contribution < -0.4 is 0 Å². The topological polar surface area (TPSA) is 52.6 Å². The average Bonchev–Trinajstić information content (AvgIpc) is 2.36. The van der Waals surface area contributed by atoms with Gasteiger partial charge in [0.25, 0.3) is 0 Å². The summed E-state index contributed by atoms with van der Waals surface area (Å²) in [5, 5.41) is 0. The van der Waals surface area contributed by atoms with E-state index in [1.54, 1.807) is 0 Å². The molecule has 0 saturated carbocycles. The molecule has 0 bridgehead atoms. The second-order valence-electron chi connectivity index (χ2n) is 3.75. The Morgan fingerprint density at radius 1 is 1.10 bits per heavy atom. The van der Waals surface area contributed by atoms with Crippen molar-refractivity contribution in [2.75, 3.05) is 14.2 Å². The van der Waals surface area contributed by atoms with Crippen molar-refractivity contribution < 1.29 is 32.2 Å². The van der Waals surface area contributed by atoms with E-state index in [2.05, 4.69) is 25.4 Å². The van der Waals surface area contributed by atoms with Gasteiger partial charge in [0.2, 0.25) is 0 Å². The SMILES string of the molecule is COC(=O)C(C(=O)OC)c1cc(Br)cc(C(F)(F)F)c1. The molecule has 1 rings (SSSR count). The molecule has 0 aliphatic rings. The molecule has 20 heavy (non-hydrogen) atoms.